The van der Waals surface area contributed by atoms with Gasteiger partial charge >= 0.3 is 6.09 Å². The predicted molar refractivity (Wildman–Crippen MR) is 89.2 cm³/mol. The van der Waals surface area contributed by atoms with E-state index in [1.54, 1.807) is 17.8 Å². The van der Waals surface area contributed by atoms with Crippen LogP contribution in [0.2, 0.25) is 0 Å². The Morgan fingerprint density at radius 2 is 2.18 bits per heavy atom. The van der Waals surface area contributed by atoms with Gasteiger partial charge in [-0.2, -0.15) is 11.8 Å². The van der Waals surface area contributed by atoms with Gasteiger partial charge in [-0.05, 0) is 36.9 Å². The number of nitrogens with zero attached hydrogens (tertiary/aromatic N) is 1. The molecule has 0 atom stereocenters. The van der Waals surface area contributed by atoms with Crippen LogP contribution in [0.15, 0.2) is 18.2 Å². The van der Waals surface area contributed by atoms with E-state index in [0.29, 0.717) is 6.54 Å². The minimum Gasteiger partial charge on any atom is -0.446 e. The van der Waals surface area contributed by atoms with E-state index in [9.17, 15) is 9.18 Å². The standard InChI is InChI=1S/C16H23FN2O2S/c1-12-11-13(17)3-4-15(12)19-8-5-14(6-9-19)21-16(20)18-7-10-22-2/h3-4,11,14H,5-10H2,1-2H3,(H,18,20). The van der Waals surface area contributed by atoms with Crippen LogP contribution < -0.4 is 10.2 Å². The molecule has 1 N–H and O–H groups in total. The number of piperidine rings is 1. The number of carbonyl (C=O) groups excluding carboxylic acids is 1. The van der Waals surface area contributed by atoms with Crippen LogP contribution in [0.3, 0.4) is 0 Å². The van der Waals surface area contributed by atoms with Gasteiger partial charge in [-0.25, -0.2) is 9.18 Å². The molecule has 2 rings (SSSR count). The van der Waals surface area contributed by atoms with Crippen molar-refractivity contribution in [1.29, 1.82) is 0 Å². The van der Waals surface area contributed by atoms with Crippen molar-refractivity contribution >= 4 is 23.5 Å². The first-order valence-electron chi connectivity index (χ1n) is 7.54. The molecule has 4 nitrogen and oxygen atoms in total. The molecule has 6 heteroatoms. The second-order valence-electron chi connectivity index (χ2n) is 5.44. The average Bonchev–Trinajstić information content (AvgIpc) is 2.49. The lowest BCUT2D eigenvalue weighted by molar-refractivity contribution is 0.0837. The molecular weight excluding hydrogens is 303 g/mol. The molecule has 0 saturated carbocycles. The number of hydrogen-bond donors (Lipinski definition) is 1. The monoisotopic (exact) mass is 326 g/mol. The van der Waals surface area contributed by atoms with Gasteiger partial charge in [-0.3, -0.25) is 0 Å². The Hall–Kier alpha value is -1.43. The van der Waals surface area contributed by atoms with E-state index in [0.717, 1.165) is 42.9 Å². The molecular formula is C16H23FN2O2S. The van der Waals surface area contributed by atoms with E-state index in [1.165, 1.54) is 6.07 Å². The quantitative estimate of drug-likeness (QED) is 0.844. The Bertz CT molecular complexity index is 505. The first-order valence-corrected chi connectivity index (χ1v) is 8.94. The molecule has 0 bridgehead atoms. The first kappa shape index (κ1) is 16.9. The van der Waals surface area contributed by atoms with Gasteiger partial charge in [0.25, 0.3) is 0 Å². The summed E-state index contributed by atoms with van der Waals surface area (Å²) >= 11 is 1.69. The number of ether oxygens (including phenoxy) is 1. The van der Waals surface area contributed by atoms with Crippen molar-refractivity contribution in [2.45, 2.75) is 25.9 Å². The van der Waals surface area contributed by atoms with E-state index >= 15 is 0 Å². The smallest absolute Gasteiger partial charge is 0.407 e. The van der Waals surface area contributed by atoms with Gasteiger partial charge in [-0.1, -0.05) is 0 Å². The Morgan fingerprint density at radius 1 is 1.45 bits per heavy atom. The number of thioether (sulfide) groups is 1. The molecule has 1 aromatic rings. The van der Waals surface area contributed by atoms with Gasteiger partial charge in [0.15, 0.2) is 0 Å². The number of nitrogens with one attached hydrogen (secondary N) is 1. The maximum absolute atomic E-state index is 13.2. The fourth-order valence-corrected chi connectivity index (χ4v) is 2.94. The zero-order valence-corrected chi connectivity index (χ0v) is 13.9. The lowest BCUT2D eigenvalue weighted by Crippen LogP contribution is -2.40. The summed E-state index contributed by atoms with van der Waals surface area (Å²) in [5.41, 5.74) is 2.00. The highest BCUT2D eigenvalue weighted by Gasteiger charge is 2.23. The molecule has 1 amide bonds. The third kappa shape index (κ3) is 4.80. The van der Waals surface area contributed by atoms with Crippen LogP contribution in [0, 0.1) is 12.7 Å². The minimum atomic E-state index is -0.328. The van der Waals surface area contributed by atoms with Gasteiger partial charge in [0.1, 0.15) is 11.9 Å². The number of benzene rings is 1. The van der Waals surface area contributed by atoms with Crippen molar-refractivity contribution in [3.05, 3.63) is 29.6 Å². The van der Waals surface area contributed by atoms with Crippen LogP contribution in [0.5, 0.6) is 0 Å². The average molecular weight is 326 g/mol. The number of carbonyl (C=O) groups is 1. The summed E-state index contributed by atoms with van der Waals surface area (Å²) in [7, 11) is 0. The zero-order valence-electron chi connectivity index (χ0n) is 13.1. The summed E-state index contributed by atoms with van der Waals surface area (Å²) in [6, 6.07) is 4.86. The van der Waals surface area contributed by atoms with Crippen LogP contribution in [-0.2, 0) is 4.74 Å². The van der Waals surface area contributed by atoms with Gasteiger partial charge < -0.3 is 15.0 Å². The number of alkyl carbamates (subject to hydrolysis) is 1. The van der Waals surface area contributed by atoms with Gasteiger partial charge in [-0.15, -0.1) is 0 Å². The second-order valence-corrected chi connectivity index (χ2v) is 6.43. The number of rotatable bonds is 5. The summed E-state index contributed by atoms with van der Waals surface area (Å²) < 4.78 is 18.6. The van der Waals surface area contributed by atoms with Crippen molar-refractivity contribution in [3.63, 3.8) is 0 Å². The number of hydrogen-bond acceptors (Lipinski definition) is 4. The predicted octanol–water partition coefficient (Wildman–Crippen LogP) is 3.19. The van der Waals surface area contributed by atoms with Crippen molar-refractivity contribution in [1.82, 2.24) is 5.32 Å². The Labute approximate surface area is 135 Å². The maximum Gasteiger partial charge on any atom is 0.407 e. The van der Waals surface area contributed by atoms with Crippen LogP contribution in [0.25, 0.3) is 0 Å². The Kier molecular flexibility index (Phi) is 6.36. The van der Waals surface area contributed by atoms with E-state index < -0.39 is 0 Å². The Balaban J connectivity index is 1.79. The van der Waals surface area contributed by atoms with Gasteiger partial charge in [0, 0.05) is 43.9 Å². The van der Waals surface area contributed by atoms with Crippen molar-refractivity contribution < 1.29 is 13.9 Å². The van der Waals surface area contributed by atoms with Crippen LogP contribution in [-0.4, -0.2) is 43.8 Å². The largest absolute Gasteiger partial charge is 0.446 e. The fourth-order valence-electron chi connectivity index (χ4n) is 2.64. The molecule has 1 fully saturated rings. The number of amides is 1. The van der Waals surface area contributed by atoms with Crippen LogP contribution in [0.4, 0.5) is 14.9 Å². The highest BCUT2D eigenvalue weighted by atomic mass is 32.2. The van der Waals surface area contributed by atoms with Gasteiger partial charge in [0.2, 0.25) is 0 Å². The summed E-state index contributed by atoms with van der Waals surface area (Å²) in [6.07, 6.45) is 3.23. The summed E-state index contributed by atoms with van der Waals surface area (Å²) in [4.78, 5) is 13.9. The van der Waals surface area contributed by atoms with E-state index in [2.05, 4.69) is 10.2 Å². The lowest BCUT2D eigenvalue weighted by Gasteiger charge is -2.34. The molecule has 0 spiro atoms. The molecule has 0 unspecified atom stereocenters. The lowest BCUT2D eigenvalue weighted by atomic mass is 10.1. The summed E-state index contributed by atoms with van der Waals surface area (Å²) in [6.45, 7) is 4.18. The topological polar surface area (TPSA) is 41.6 Å². The molecule has 0 aromatic heterocycles. The summed E-state index contributed by atoms with van der Waals surface area (Å²) in [5, 5.41) is 2.75. The highest BCUT2D eigenvalue weighted by molar-refractivity contribution is 7.98. The van der Waals surface area contributed by atoms with Crippen molar-refractivity contribution in [2.75, 3.05) is 36.5 Å². The minimum absolute atomic E-state index is 0.0358. The maximum atomic E-state index is 13.2. The Morgan fingerprint density at radius 3 is 2.82 bits per heavy atom. The van der Waals surface area contributed by atoms with E-state index in [-0.39, 0.29) is 18.0 Å². The first-order chi connectivity index (χ1) is 10.6. The van der Waals surface area contributed by atoms with Gasteiger partial charge in [0.05, 0.1) is 0 Å². The van der Waals surface area contributed by atoms with Crippen LogP contribution in [0.1, 0.15) is 18.4 Å². The fraction of sp³-hybridized carbons (Fsp3) is 0.562. The molecule has 1 saturated heterocycles. The number of halogens is 1. The molecule has 1 aliphatic heterocycles. The highest BCUT2D eigenvalue weighted by Crippen LogP contribution is 2.25. The van der Waals surface area contributed by atoms with E-state index in [1.807, 2.05) is 19.2 Å². The summed E-state index contributed by atoms with van der Waals surface area (Å²) in [5.74, 6) is 0.679. The van der Waals surface area contributed by atoms with Crippen LogP contribution >= 0.6 is 11.8 Å². The normalized spacial score (nSPS) is 15.7. The molecule has 1 heterocycles. The molecule has 22 heavy (non-hydrogen) atoms. The molecule has 0 aliphatic carbocycles. The zero-order chi connectivity index (χ0) is 15.9. The second kappa shape index (κ2) is 8.27. The molecule has 122 valence electrons. The molecule has 1 aromatic carbocycles. The number of anilines is 1. The molecule has 0 radical (unpaired) electrons. The van der Waals surface area contributed by atoms with Crippen molar-refractivity contribution in [2.24, 2.45) is 0 Å². The van der Waals surface area contributed by atoms with E-state index in [4.69, 9.17) is 4.74 Å². The molecule has 1 aliphatic rings. The number of aryl methyl sites for hydroxylation is 1. The third-order valence-corrected chi connectivity index (χ3v) is 4.40. The van der Waals surface area contributed by atoms with Crippen molar-refractivity contribution in [3.8, 4) is 0 Å². The SMILES string of the molecule is CSCCNC(=O)OC1CCN(c2ccc(F)cc2C)CC1. The third-order valence-electron chi connectivity index (χ3n) is 3.79.